The minimum atomic E-state index is -1.23. The highest BCUT2D eigenvalue weighted by molar-refractivity contribution is 5.90. The summed E-state index contributed by atoms with van der Waals surface area (Å²) >= 11 is 0. The summed E-state index contributed by atoms with van der Waals surface area (Å²) in [5, 5.41) is 11.3. The van der Waals surface area contributed by atoms with Gasteiger partial charge >= 0.3 is 17.6 Å². The Kier molecular flexibility index (Phi) is 14.6. The zero-order chi connectivity index (χ0) is 48.1. The van der Waals surface area contributed by atoms with Crippen molar-refractivity contribution in [1.29, 1.82) is 0 Å². The number of aliphatic hydroxyl groups excluding tert-OH is 1. The fourth-order valence-electron chi connectivity index (χ4n) is 11.3. The summed E-state index contributed by atoms with van der Waals surface area (Å²) in [5.41, 5.74) is 7.90. The second-order valence-corrected chi connectivity index (χ2v) is 19.8. The number of carbonyl (C=O) groups is 2. The summed E-state index contributed by atoms with van der Waals surface area (Å²) in [6, 6.07) is 41.9. The summed E-state index contributed by atoms with van der Waals surface area (Å²) < 4.78 is 32.1. The van der Waals surface area contributed by atoms with Gasteiger partial charge in [0.15, 0.2) is 12.2 Å². The third kappa shape index (κ3) is 10.5. The van der Waals surface area contributed by atoms with E-state index in [1.54, 1.807) is 19.2 Å². The van der Waals surface area contributed by atoms with E-state index in [9.17, 15) is 14.7 Å². The number of rotatable bonds is 11. The molecule has 4 aliphatic rings. The molecular weight excluding hydrogens is 865 g/mol. The lowest BCUT2D eigenvalue weighted by Crippen LogP contribution is -2.54. The molecule has 358 valence electrons. The molecule has 9 nitrogen and oxygen atoms in total. The average molecular weight is 929 g/mol. The van der Waals surface area contributed by atoms with E-state index in [-0.39, 0.29) is 42.8 Å². The lowest BCUT2D eigenvalue weighted by Gasteiger charge is -2.45. The predicted octanol–water partition coefficient (Wildman–Crippen LogP) is 11.8. The monoisotopic (exact) mass is 928 g/mol. The molecule has 4 heterocycles. The topological polar surface area (TPSA) is 122 Å². The van der Waals surface area contributed by atoms with E-state index in [0.29, 0.717) is 59.1 Å². The first-order valence-corrected chi connectivity index (χ1v) is 24.7. The van der Waals surface area contributed by atoms with Gasteiger partial charge in [0.2, 0.25) is 0 Å². The number of benzene rings is 5. The molecule has 0 spiro atoms. The molecule has 0 amide bonds. The van der Waals surface area contributed by atoms with Crippen molar-refractivity contribution >= 4 is 22.9 Å². The highest BCUT2D eigenvalue weighted by atomic mass is 16.6. The van der Waals surface area contributed by atoms with Crippen LogP contribution in [0.5, 0.6) is 5.75 Å². The van der Waals surface area contributed by atoms with Crippen LogP contribution < -0.4 is 10.4 Å². The Morgan fingerprint density at radius 3 is 2.23 bits per heavy atom. The summed E-state index contributed by atoms with van der Waals surface area (Å²) in [4.78, 5) is 43.9. The molecule has 1 N–H and O–H groups in total. The molecule has 6 aromatic rings. The van der Waals surface area contributed by atoms with Gasteiger partial charge in [-0.25, -0.2) is 9.59 Å². The molecule has 5 aromatic carbocycles. The van der Waals surface area contributed by atoms with Crippen LogP contribution in [0.2, 0.25) is 0 Å². The maximum absolute atomic E-state index is 15.2. The molecule has 69 heavy (non-hydrogen) atoms. The highest BCUT2D eigenvalue weighted by Crippen LogP contribution is 2.51. The Hall–Kier alpha value is -6.29. The molecule has 9 heteroatoms. The Balaban J connectivity index is 1.14. The minimum Gasteiger partial charge on any atom is -0.483 e. The van der Waals surface area contributed by atoms with Gasteiger partial charge in [-0.05, 0) is 147 Å². The number of carbonyl (C=O) groups excluding carboxylic acids is 2. The number of methoxy groups -OCH3 is 1. The number of aliphatic hydroxyl groups is 1. The van der Waals surface area contributed by atoms with Crippen LogP contribution in [0.3, 0.4) is 0 Å². The SMILES string of the molecule is COCCc1c(CO)c2ccc3c(c2oc1=O)[C@H]1OC(=O)C[C@@H]2C[C@H](c4cccc(Cc5ccccc5)c4)CC[C@H]2c2ccc(cc2)CCC(=C(C)C)C(=O)O[C@@H]1[C@](C)(CCCc1ccccc1)O3. The number of aryl methyl sites for hydroxylation is 2. The summed E-state index contributed by atoms with van der Waals surface area (Å²) in [6.45, 7) is 5.55. The van der Waals surface area contributed by atoms with Crippen LogP contribution >= 0.6 is 0 Å². The molecule has 10 rings (SSSR count). The van der Waals surface area contributed by atoms with Crippen molar-refractivity contribution in [3.05, 3.63) is 193 Å². The Labute approximate surface area is 405 Å². The molecule has 0 radical (unpaired) electrons. The summed E-state index contributed by atoms with van der Waals surface area (Å²) in [5.74, 6) is -0.345. The lowest BCUT2D eigenvalue weighted by molar-refractivity contribution is -0.192. The van der Waals surface area contributed by atoms with E-state index in [0.717, 1.165) is 48.8 Å². The highest BCUT2D eigenvalue weighted by Gasteiger charge is 2.53. The zero-order valence-corrected chi connectivity index (χ0v) is 40.3. The van der Waals surface area contributed by atoms with Crippen LogP contribution in [0.15, 0.2) is 142 Å². The molecule has 2 bridgehead atoms. The maximum atomic E-state index is 15.2. The fourth-order valence-corrected chi connectivity index (χ4v) is 11.3. The van der Waals surface area contributed by atoms with E-state index >= 15 is 4.79 Å². The Morgan fingerprint density at radius 2 is 1.51 bits per heavy atom. The van der Waals surface area contributed by atoms with Gasteiger partial charge in [0.1, 0.15) is 16.9 Å². The number of fused-ring (bicyclic) bond motifs is 11. The molecular formula is C60H64O9. The second kappa shape index (κ2) is 21.1. The van der Waals surface area contributed by atoms with Crippen LogP contribution in [-0.2, 0) is 56.1 Å². The lowest BCUT2D eigenvalue weighted by atomic mass is 9.68. The number of hydrogen-bond acceptors (Lipinski definition) is 9. The van der Waals surface area contributed by atoms with Crippen LogP contribution in [-0.4, -0.2) is 42.5 Å². The largest absolute Gasteiger partial charge is 0.483 e. The fraction of sp³-hybridized carbons (Fsp3) is 0.383. The smallest absolute Gasteiger partial charge is 0.339 e. The van der Waals surface area contributed by atoms with E-state index < -0.39 is 42.0 Å². The summed E-state index contributed by atoms with van der Waals surface area (Å²) in [6.07, 6.45) is 4.40. The van der Waals surface area contributed by atoms with E-state index in [2.05, 4.69) is 84.9 Å². The van der Waals surface area contributed by atoms with Crippen LogP contribution in [0.4, 0.5) is 0 Å². The van der Waals surface area contributed by atoms with Crippen molar-refractivity contribution in [2.24, 2.45) is 5.92 Å². The first kappa shape index (κ1) is 47.8. The molecule has 6 atom stereocenters. The van der Waals surface area contributed by atoms with Crippen LogP contribution in [0.1, 0.15) is 134 Å². The molecule has 1 saturated carbocycles. The minimum absolute atomic E-state index is 0.0718. The number of allylic oxidation sites excluding steroid dienone is 1. The third-order valence-electron chi connectivity index (χ3n) is 15.0. The van der Waals surface area contributed by atoms with Crippen molar-refractivity contribution in [2.75, 3.05) is 13.7 Å². The van der Waals surface area contributed by atoms with Gasteiger partial charge in [-0.1, -0.05) is 115 Å². The van der Waals surface area contributed by atoms with Gasteiger partial charge in [-0.2, -0.15) is 0 Å². The molecule has 0 saturated heterocycles. The number of esters is 2. The molecule has 1 aliphatic carbocycles. The van der Waals surface area contributed by atoms with Crippen LogP contribution in [0.25, 0.3) is 11.0 Å². The first-order chi connectivity index (χ1) is 33.5. The Morgan fingerprint density at radius 1 is 0.768 bits per heavy atom. The van der Waals surface area contributed by atoms with Gasteiger partial charge in [0, 0.05) is 36.5 Å². The van der Waals surface area contributed by atoms with Gasteiger partial charge in [-0.15, -0.1) is 0 Å². The normalized spacial score (nSPS) is 22.7. The van der Waals surface area contributed by atoms with E-state index in [1.165, 1.54) is 22.3 Å². The van der Waals surface area contributed by atoms with Crippen molar-refractivity contribution in [3.8, 4) is 5.75 Å². The maximum Gasteiger partial charge on any atom is 0.339 e. The standard InChI is InChI=1S/C60H64O9/c1-38(2)47-26-22-40-20-23-43(24-21-40)48-27-25-45(44-19-11-17-42(34-44)33-41-15-9-6-10-16-41)35-46(48)36-53(62)66-56-54-52(29-28-49-51(37-61)50(30-32-65-4)59(64)67-55(49)54)69-60(3,57(56)68-58(47)63)31-12-18-39-13-7-5-8-14-39/h5-11,13-17,19-21,23-24,28-29,34,45-46,48,56-57,61H,12,18,22,25-27,30-33,35-37H2,1-4H3/t45-,46+,48+,56-,57+,60+/m1/s1. The van der Waals surface area contributed by atoms with Crippen molar-refractivity contribution in [1.82, 2.24) is 0 Å². The van der Waals surface area contributed by atoms with E-state index in [4.69, 9.17) is 23.4 Å². The zero-order valence-electron chi connectivity index (χ0n) is 40.3. The van der Waals surface area contributed by atoms with Crippen molar-refractivity contribution < 1.29 is 38.1 Å². The van der Waals surface area contributed by atoms with Gasteiger partial charge in [0.05, 0.1) is 18.8 Å². The number of hydrogen-bond donors (Lipinski definition) is 1. The molecule has 0 unspecified atom stereocenters. The molecule has 3 aliphatic heterocycles. The Bertz CT molecular complexity index is 2860. The van der Waals surface area contributed by atoms with Crippen molar-refractivity contribution in [2.45, 2.75) is 128 Å². The molecule has 1 fully saturated rings. The van der Waals surface area contributed by atoms with Crippen LogP contribution in [0, 0.1) is 5.92 Å². The average Bonchev–Trinajstić information content (AvgIpc) is 3.34. The van der Waals surface area contributed by atoms with Gasteiger partial charge < -0.3 is 28.5 Å². The van der Waals surface area contributed by atoms with Gasteiger partial charge in [-0.3, -0.25) is 4.79 Å². The van der Waals surface area contributed by atoms with Gasteiger partial charge in [0.25, 0.3) is 0 Å². The second-order valence-electron chi connectivity index (χ2n) is 19.8. The predicted molar refractivity (Wildman–Crippen MR) is 267 cm³/mol. The molecule has 1 aromatic heterocycles. The summed E-state index contributed by atoms with van der Waals surface area (Å²) in [7, 11) is 1.55. The third-order valence-corrected chi connectivity index (χ3v) is 15.0. The quantitative estimate of drug-likeness (QED) is 0.0769. The van der Waals surface area contributed by atoms with Crippen molar-refractivity contribution in [3.63, 3.8) is 0 Å². The first-order valence-electron chi connectivity index (χ1n) is 24.7. The van der Waals surface area contributed by atoms with E-state index in [1.807, 2.05) is 45.0 Å². The number of ether oxygens (including phenoxy) is 4.